The summed E-state index contributed by atoms with van der Waals surface area (Å²) in [5.74, 6) is 0. The minimum atomic E-state index is 0.698. The van der Waals surface area contributed by atoms with E-state index in [2.05, 4.69) is 20.6 Å². The molecule has 19 heavy (non-hydrogen) atoms. The van der Waals surface area contributed by atoms with Gasteiger partial charge in [0.2, 0.25) is 0 Å². The Hall–Kier alpha value is -2.50. The number of nitrogens with one attached hydrogen (secondary N) is 2. The lowest BCUT2D eigenvalue weighted by atomic mass is 10.2. The van der Waals surface area contributed by atoms with Crippen molar-refractivity contribution < 1.29 is 0 Å². The van der Waals surface area contributed by atoms with Gasteiger partial charge in [-0.15, -0.1) is 0 Å². The van der Waals surface area contributed by atoms with Crippen LogP contribution in [0.5, 0.6) is 0 Å². The summed E-state index contributed by atoms with van der Waals surface area (Å²) < 4.78 is 1.81. The molecule has 0 amide bonds. The van der Waals surface area contributed by atoms with Crippen molar-refractivity contribution in [1.82, 2.24) is 20.0 Å². The fourth-order valence-corrected chi connectivity index (χ4v) is 2.17. The van der Waals surface area contributed by atoms with Gasteiger partial charge in [0.1, 0.15) is 0 Å². The molecule has 0 radical (unpaired) electrons. The standard InChI is InChI=1S/C13H16N6/c1-8-10(7-19(2)18-8)5-15-13-4-12-9(3-11(13)14)6-16-17-12/h3-4,6-7,15H,5,14H2,1-2H3,(H,16,17). The van der Waals surface area contributed by atoms with Gasteiger partial charge >= 0.3 is 0 Å². The highest BCUT2D eigenvalue weighted by molar-refractivity contribution is 5.88. The second-order valence-corrected chi connectivity index (χ2v) is 4.66. The zero-order chi connectivity index (χ0) is 13.4. The van der Waals surface area contributed by atoms with E-state index in [1.54, 1.807) is 6.20 Å². The van der Waals surface area contributed by atoms with Crippen molar-refractivity contribution >= 4 is 22.3 Å². The number of fused-ring (bicyclic) bond motifs is 1. The van der Waals surface area contributed by atoms with E-state index in [4.69, 9.17) is 5.73 Å². The van der Waals surface area contributed by atoms with Gasteiger partial charge in [-0.2, -0.15) is 10.2 Å². The van der Waals surface area contributed by atoms with Crippen LogP contribution in [0.1, 0.15) is 11.3 Å². The number of hydrogen-bond acceptors (Lipinski definition) is 4. The molecule has 0 aliphatic rings. The van der Waals surface area contributed by atoms with Gasteiger partial charge in [-0.1, -0.05) is 0 Å². The van der Waals surface area contributed by atoms with Crippen LogP contribution in [0.25, 0.3) is 10.9 Å². The summed E-state index contributed by atoms with van der Waals surface area (Å²) >= 11 is 0. The molecule has 0 spiro atoms. The Balaban J connectivity index is 1.84. The summed E-state index contributed by atoms with van der Waals surface area (Å²) in [6.45, 7) is 2.70. The highest BCUT2D eigenvalue weighted by Crippen LogP contribution is 2.25. The molecule has 4 N–H and O–H groups in total. The lowest BCUT2D eigenvalue weighted by Gasteiger charge is -2.09. The first-order valence-corrected chi connectivity index (χ1v) is 6.09. The molecular weight excluding hydrogens is 240 g/mol. The Morgan fingerprint density at radius 3 is 3.00 bits per heavy atom. The summed E-state index contributed by atoms with van der Waals surface area (Å²) in [6.07, 6.45) is 3.77. The second-order valence-electron chi connectivity index (χ2n) is 4.66. The third-order valence-electron chi connectivity index (χ3n) is 3.19. The molecule has 6 nitrogen and oxygen atoms in total. The molecule has 3 aromatic rings. The van der Waals surface area contributed by atoms with Gasteiger partial charge < -0.3 is 11.1 Å². The smallest absolute Gasteiger partial charge is 0.0672 e. The maximum atomic E-state index is 6.03. The number of aryl methyl sites for hydroxylation is 2. The van der Waals surface area contributed by atoms with E-state index in [0.29, 0.717) is 6.54 Å². The number of benzene rings is 1. The Labute approximate surface area is 110 Å². The van der Waals surface area contributed by atoms with Gasteiger partial charge in [-0.05, 0) is 19.1 Å². The van der Waals surface area contributed by atoms with E-state index in [9.17, 15) is 0 Å². The molecule has 0 unspecified atom stereocenters. The largest absolute Gasteiger partial charge is 0.397 e. The Morgan fingerprint density at radius 2 is 2.26 bits per heavy atom. The SMILES string of the molecule is Cc1nn(C)cc1CNc1cc2[nH]ncc2cc1N. The van der Waals surface area contributed by atoms with Crippen molar-refractivity contribution in [3.63, 3.8) is 0 Å². The quantitative estimate of drug-likeness (QED) is 0.624. The summed E-state index contributed by atoms with van der Waals surface area (Å²) in [5, 5.41) is 15.6. The van der Waals surface area contributed by atoms with Crippen LogP contribution in [0.15, 0.2) is 24.5 Å². The van der Waals surface area contributed by atoms with Gasteiger partial charge in [0.05, 0.1) is 28.8 Å². The summed E-state index contributed by atoms with van der Waals surface area (Å²) in [4.78, 5) is 0. The highest BCUT2D eigenvalue weighted by atomic mass is 15.2. The summed E-state index contributed by atoms with van der Waals surface area (Å²) in [5.41, 5.74) is 10.8. The maximum absolute atomic E-state index is 6.03. The predicted molar refractivity (Wildman–Crippen MR) is 75.8 cm³/mol. The summed E-state index contributed by atoms with van der Waals surface area (Å²) in [6, 6.07) is 3.89. The number of anilines is 2. The van der Waals surface area contributed by atoms with E-state index in [-0.39, 0.29) is 0 Å². The molecule has 0 atom stereocenters. The van der Waals surface area contributed by atoms with Crippen LogP contribution in [-0.2, 0) is 13.6 Å². The first-order valence-electron chi connectivity index (χ1n) is 6.09. The van der Waals surface area contributed by atoms with E-state index < -0.39 is 0 Å². The van der Waals surface area contributed by atoms with E-state index in [1.807, 2.05) is 37.0 Å². The molecule has 6 heteroatoms. The number of H-pyrrole nitrogens is 1. The summed E-state index contributed by atoms with van der Waals surface area (Å²) in [7, 11) is 1.92. The minimum Gasteiger partial charge on any atom is -0.397 e. The van der Waals surface area contributed by atoms with Crippen LogP contribution in [0.2, 0.25) is 0 Å². The van der Waals surface area contributed by atoms with Crippen LogP contribution < -0.4 is 11.1 Å². The maximum Gasteiger partial charge on any atom is 0.0672 e. The van der Waals surface area contributed by atoms with Gasteiger partial charge in [-0.25, -0.2) is 0 Å². The van der Waals surface area contributed by atoms with Crippen LogP contribution in [0, 0.1) is 6.92 Å². The normalized spacial score (nSPS) is 11.1. The van der Waals surface area contributed by atoms with Crippen molar-refractivity contribution in [1.29, 1.82) is 0 Å². The van der Waals surface area contributed by atoms with Crippen molar-refractivity contribution in [2.75, 3.05) is 11.1 Å². The number of nitrogen functional groups attached to an aromatic ring is 1. The lowest BCUT2D eigenvalue weighted by Crippen LogP contribution is -2.02. The number of rotatable bonds is 3. The third-order valence-corrected chi connectivity index (χ3v) is 3.19. The predicted octanol–water partition coefficient (Wildman–Crippen LogP) is 1.80. The van der Waals surface area contributed by atoms with Crippen molar-refractivity contribution in [3.05, 3.63) is 35.8 Å². The average Bonchev–Trinajstić information content (AvgIpc) is 2.92. The van der Waals surface area contributed by atoms with Crippen LogP contribution in [-0.4, -0.2) is 20.0 Å². The number of nitrogens with zero attached hydrogens (tertiary/aromatic N) is 3. The second kappa shape index (κ2) is 4.31. The molecule has 98 valence electrons. The molecule has 0 saturated heterocycles. The molecule has 0 bridgehead atoms. The van der Waals surface area contributed by atoms with E-state index >= 15 is 0 Å². The molecule has 3 rings (SSSR count). The Bertz CT molecular complexity index is 724. The topological polar surface area (TPSA) is 84.5 Å². The molecular formula is C13H16N6. The molecule has 2 heterocycles. The third kappa shape index (κ3) is 2.12. The lowest BCUT2D eigenvalue weighted by molar-refractivity contribution is 0.756. The monoisotopic (exact) mass is 256 g/mol. The van der Waals surface area contributed by atoms with Crippen molar-refractivity contribution in [2.24, 2.45) is 7.05 Å². The van der Waals surface area contributed by atoms with Crippen LogP contribution in [0.4, 0.5) is 11.4 Å². The molecule has 0 saturated carbocycles. The first kappa shape index (κ1) is 11.6. The van der Waals surface area contributed by atoms with E-state index in [1.165, 1.54) is 0 Å². The minimum absolute atomic E-state index is 0.698. The first-order chi connectivity index (χ1) is 9.13. The van der Waals surface area contributed by atoms with Crippen LogP contribution >= 0.6 is 0 Å². The molecule has 0 aliphatic carbocycles. The fraction of sp³-hybridized carbons (Fsp3) is 0.231. The highest BCUT2D eigenvalue weighted by Gasteiger charge is 2.06. The number of hydrogen-bond donors (Lipinski definition) is 3. The van der Waals surface area contributed by atoms with Gasteiger partial charge in [0, 0.05) is 30.7 Å². The number of aromatic amines is 1. The van der Waals surface area contributed by atoms with Gasteiger partial charge in [0.25, 0.3) is 0 Å². The Kier molecular flexibility index (Phi) is 2.63. The number of aromatic nitrogens is 4. The zero-order valence-corrected chi connectivity index (χ0v) is 10.9. The molecule has 0 aliphatic heterocycles. The van der Waals surface area contributed by atoms with Gasteiger partial charge in [0.15, 0.2) is 0 Å². The molecule has 1 aromatic carbocycles. The van der Waals surface area contributed by atoms with E-state index in [0.717, 1.165) is 33.5 Å². The number of nitrogens with two attached hydrogens (primary N) is 1. The molecule has 2 aromatic heterocycles. The average molecular weight is 256 g/mol. The van der Waals surface area contributed by atoms with Crippen LogP contribution in [0.3, 0.4) is 0 Å². The van der Waals surface area contributed by atoms with Gasteiger partial charge in [-0.3, -0.25) is 9.78 Å². The zero-order valence-electron chi connectivity index (χ0n) is 10.9. The fourth-order valence-electron chi connectivity index (χ4n) is 2.17. The van der Waals surface area contributed by atoms with Crippen molar-refractivity contribution in [2.45, 2.75) is 13.5 Å². The Morgan fingerprint density at radius 1 is 1.42 bits per heavy atom. The van der Waals surface area contributed by atoms with Crippen molar-refractivity contribution in [3.8, 4) is 0 Å². The molecule has 0 fully saturated rings.